The molecule has 4 heterocycles. The van der Waals surface area contributed by atoms with Gasteiger partial charge in [-0.15, -0.1) is 12.4 Å². The molecule has 1 aliphatic heterocycles. The van der Waals surface area contributed by atoms with Crippen LogP contribution in [0, 0.1) is 0 Å². The molecule has 1 atom stereocenters. The molecule has 0 amide bonds. The van der Waals surface area contributed by atoms with Crippen LogP contribution in [0.15, 0.2) is 30.9 Å². The molecule has 0 unspecified atom stereocenters. The van der Waals surface area contributed by atoms with Crippen molar-refractivity contribution in [1.29, 1.82) is 0 Å². The van der Waals surface area contributed by atoms with E-state index in [2.05, 4.69) is 25.7 Å². The van der Waals surface area contributed by atoms with E-state index in [1.165, 1.54) is 0 Å². The van der Waals surface area contributed by atoms with Gasteiger partial charge in [0.15, 0.2) is 5.82 Å². The zero-order valence-electron chi connectivity index (χ0n) is 13.8. The first-order valence-corrected chi connectivity index (χ1v) is 7.96. The third-order valence-electron chi connectivity index (χ3n) is 3.96. The number of rotatable bonds is 4. The van der Waals surface area contributed by atoms with Gasteiger partial charge in [-0.2, -0.15) is 5.10 Å². The molecule has 1 saturated heterocycles. The number of hydrogen-bond acceptors (Lipinski definition) is 7. The Morgan fingerprint density at radius 3 is 3.00 bits per heavy atom. The molecule has 0 aliphatic carbocycles. The molecular weight excluding hydrogens is 342 g/mol. The molecular formula is C16H20ClN7O. The van der Waals surface area contributed by atoms with E-state index >= 15 is 0 Å². The summed E-state index contributed by atoms with van der Waals surface area (Å²) in [5.74, 6) is 0.716. The minimum absolute atomic E-state index is 0. The van der Waals surface area contributed by atoms with Gasteiger partial charge in [-0.1, -0.05) is 0 Å². The number of nitrogens with one attached hydrogen (secondary N) is 2. The number of aryl methyl sites for hydroxylation is 1. The molecule has 3 aromatic rings. The number of aromatic nitrogens is 5. The quantitative estimate of drug-likeness (QED) is 0.722. The van der Waals surface area contributed by atoms with Crippen molar-refractivity contribution in [3.63, 3.8) is 0 Å². The van der Waals surface area contributed by atoms with Crippen LogP contribution in [0.2, 0.25) is 0 Å². The normalized spacial score (nSPS) is 17.2. The number of anilines is 1. The Morgan fingerprint density at radius 1 is 1.36 bits per heavy atom. The van der Waals surface area contributed by atoms with Crippen LogP contribution in [0.25, 0.3) is 22.3 Å². The Morgan fingerprint density at radius 2 is 2.24 bits per heavy atom. The summed E-state index contributed by atoms with van der Waals surface area (Å²) in [7, 11) is 1.89. The van der Waals surface area contributed by atoms with E-state index in [1.807, 2.05) is 19.3 Å². The van der Waals surface area contributed by atoms with E-state index in [0.717, 1.165) is 42.0 Å². The van der Waals surface area contributed by atoms with Gasteiger partial charge in [0.1, 0.15) is 5.52 Å². The van der Waals surface area contributed by atoms with E-state index in [9.17, 15) is 0 Å². The summed E-state index contributed by atoms with van der Waals surface area (Å²) in [6, 6.07) is 1.93. The molecule has 0 saturated carbocycles. The minimum Gasteiger partial charge on any atom is -0.374 e. The highest BCUT2D eigenvalue weighted by Crippen LogP contribution is 2.25. The second-order valence-electron chi connectivity index (χ2n) is 5.76. The van der Waals surface area contributed by atoms with E-state index < -0.39 is 0 Å². The topological polar surface area (TPSA) is 89.8 Å². The van der Waals surface area contributed by atoms with Crippen LogP contribution in [0.1, 0.15) is 0 Å². The molecule has 0 bridgehead atoms. The number of pyridine rings is 1. The third-order valence-corrected chi connectivity index (χ3v) is 3.96. The first-order valence-electron chi connectivity index (χ1n) is 7.96. The summed E-state index contributed by atoms with van der Waals surface area (Å²) in [5.41, 5.74) is 3.33. The summed E-state index contributed by atoms with van der Waals surface area (Å²) in [6.45, 7) is 3.14. The molecule has 8 nitrogen and oxygen atoms in total. The van der Waals surface area contributed by atoms with Crippen LogP contribution in [-0.2, 0) is 11.8 Å². The first-order chi connectivity index (χ1) is 11.8. The molecule has 2 N–H and O–H groups in total. The van der Waals surface area contributed by atoms with Crippen LogP contribution in [-0.4, -0.2) is 57.1 Å². The predicted molar refractivity (Wildman–Crippen MR) is 97.9 cm³/mol. The van der Waals surface area contributed by atoms with Crippen molar-refractivity contribution in [2.24, 2.45) is 7.05 Å². The Bertz CT molecular complexity index is 847. The van der Waals surface area contributed by atoms with Gasteiger partial charge in [-0.25, -0.2) is 9.97 Å². The Hall–Kier alpha value is -2.29. The van der Waals surface area contributed by atoms with Gasteiger partial charge in [0, 0.05) is 50.8 Å². The molecule has 9 heteroatoms. The SMILES string of the molecule is Cl.Cn1cc(-c2cc3nccnc3c(NC[C@@H]3CNCCO3)n2)cn1. The Labute approximate surface area is 151 Å². The molecule has 4 rings (SSSR count). The highest BCUT2D eigenvalue weighted by molar-refractivity contribution is 5.88. The highest BCUT2D eigenvalue weighted by Gasteiger charge is 2.15. The highest BCUT2D eigenvalue weighted by atomic mass is 35.5. The van der Waals surface area contributed by atoms with Gasteiger partial charge in [-0.3, -0.25) is 9.67 Å². The maximum absolute atomic E-state index is 5.73. The van der Waals surface area contributed by atoms with Crippen molar-refractivity contribution in [2.75, 3.05) is 31.6 Å². The minimum atomic E-state index is 0. The summed E-state index contributed by atoms with van der Waals surface area (Å²) in [6.07, 6.45) is 7.21. The number of morpholine rings is 1. The molecule has 1 aliphatic rings. The number of nitrogens with zero attached hydrogens (tertiary/aromatic N) is 5. The second-order valence-corrected chi connectivity index (χ2v) is 5.76. The van der Waals surface area contributed by atoms with Gasteiger partial charge in [-0.05, 0) is 6.07 Å². The van der Waals surface area contributed by atoms with E-state index in [1.54, 1.807) is 23.3 Å². The van der Waals surface area contributed by atoms with Crippen LogP contribution in [0.3, 0.4) is 0 Å². The molecule has 0 aromatic carbocycles. The number of halogens is 1. The van der Waals surface area contributed by atoms with E-state index in [0.29, 0.717) is 12.4 Å². The number of hydrogen-bond donors (Lipinski definition) is 2. The zero-order chi connectivity index (χ0) is 16.4. The van der Waals surface area contributed by atoms with Gasteiger partial charge < -0.3 is 15.4 Å². The lowest BCUT2D eigenvalue weighted by molar-refractivity contribution is 0.0372. The number of fused-ring (bicyclic) bond motifs is 1. The molecule has 0 radical (unpaired) electrons. The number of ether oxygens (including phenoxy) is 1. The van der Waals surface area contributed by atoms with Gasteiger partial charge >= 0.3 is 0 Å². The average Bonchev–Trinajstić information content (AvgIpc) is 3.07. The molecule has 25 heavy (non-hydrogen) atoms. The van der Waals surface area contributed by atoms with Crippen molar-refractivity contribution < 1.29 is 4.74 Å². The molecule has 1 fully saturated rings. The lowest BCUT2D eigenvalue weighted by Crippen LogP contribution is -2.42. The fourth-order valence-electron chi connectivity index (χ4n) is 2.76. The fourth-order valence-corrected chi connectivity index (χ4v) is 2.76. The summed E-state index contributed by atoms with van der Waals surface area (Å²) in [5, 5.41) is 10.9. The lowest BCUT2D eigenvalue weighted by Gasteiger charge is -2.24. The van der Waals surface area contributed by atoms with Crippen LogP contribution in [0.5, 0.6) is 0 Å². The summed E-state index contributed by atoms with van der Waals surface area (Å²) < 4.78 is 7.48. The Balaban J connectivity index is 0.00000182. The standard InChI is InChI=1S/C16H19N7O.ClH/c1-23-10-11(7-21-23)13-6-14-15(19-3-2-18-14)16(22-13)20-9-12-8-17-4-5-24-12;/h2-3,6-7,10,12,17H,4-5,8-9H2,1H3,(H,20,22);1H/t12-;/m0./s1. The monoisotopic (exact) mass is 361 g/mol. The van der Waals surface area contributed by atoms with E-state index in [-0.39, 0.29) is 18.5 Å². The lowest BCUT2D eigenvalue weighted by atomic mass is 10.2. The zero-order valence-corrected chi connectivity index (χ0v) is 14.7. The van der Waals surface area contributed by atoms with Gasteiger partial charge in [0.25, 0.3) is 0 Å². The van der Waals surface area contributed by atoms with Crippen molar-refractivity contribution >= 4 is 29.3 Å². The first kappa shape index (κ1) is 17.5. The predicted octanol–water partition coefficient (Wildman–Crippen LogP) is 1.25. The third kappa shape index (κ3) is 3.87. The van der Waals surface area contributed by atoms with Crippen LogP contribution >= 0.6 is 12.4 Å². The fraction of sp³-hybridized carbons (Fsp3) is 0.375. The second kappa shape index (κ2) is 7.73. The van der Waals surface area contributed by atoms with Crippen LogP contribution < -0.4 is 10.6 Å². The molecule has 132 valence electrons. The summed E-state index contributed by atoms with van der Waals surface area (Å²) >= 11 is 0. The maximum atomic E-state index is 5.73. The summed E-state index contributed by atoms with van der Waals surface area (Å²) in [4.78, 5) is 13.6. The van der Waals surface area contributed by atoms with Gasteiger partial charge in [0.2, 0.25) is 0 Å². The van der Waals surface area contributed by atoms with Crippen molar-refractivity contribution in [3.05, 3.63) is 30.9 Å². The Kier molecular flexibility index (Phi) is 5.42. The average molecular weight is 362 g/mol. The maximum Gasteiger partial charge on any atom is 0.154 e. The molecule has 0 spiro atoms. The van der Waals surface area contributed by atoms with Crippen molar-refractivity contribution in [2.45, 2.75) is 6.10 Å². The smallest absolute Gasteiger partial charge is 0.154 e. The van der Waals surface area contributed by atoms with Crippen LogP contribution in [0.4, 0.5) is 5.82 Å². The van der Waals surface area contributed by atoms with Crippen molar-refractivity contribution in [3.8, 4) is 11.3 Å². The largest absolute Gasteiger partial charge is 0.374 e. The van der Waals surface area contributed by atoms with E-state index in [4.69, 9.17) is 9.72 Å². The van der Waals surface area contributed by atoms with Crippen molar-refractivity contribution in [1.82, 2.24) is 30.0 Å². The molecule has 3 aromatic heterocycles. The van der Waals surface area contributed by atoms with Gasteiger partial charge in [0.05, 0.1) is 30.1 Å².